The van der Waals surface area contributed by atoms with Gasteiger partial charge in [0.25, 0.3) is 0 Å². The van der Waals surface area contributed by atoms with Gasteiger partial charge in [-0.25, -0.2) is 4.98 Å². The van der Waals surface area contributed by atoms with Gasteiger partial charge in [0.1, 0.15) is 5.60 Å². The summed E-state index contributed by atoms with van der Waals surface area (Å²) in [6.45, 7) is 6.06. The Hall–Kier alpha value is -2.30. The van der Waals surface area contributed by atoms with Gasteiger partial charge in [-0.1, -0.05) is 12.1 Å². The smallest absolute Gasteiger partial charge is 0.225 e. The standard InChI is InChI=1S/C16H19N3O2/c1-10-8-13(19-15(17-4)18-10)20-12-7-5-6-11-9-16(2,3)21-14(11)12/h5-8H,9H2,1-4H3,(H,17,18,19). The molecule has 5 nitrogen and oxygen atoms in total. The van der Waals surface area contributed by atoms with E-state index in [-0.39, 0.29) is 5.60 Å². The Bertz CT molecular complexity index is 683. The summed E-state index contributed by atoms with van der Waals surface area (Å²) in [6.07, 6.45) is 0.879. The molecular formula is C16H19N3O2. The molecule has 1 aromatic carbocycles. The third kappa shape index (κ3) is 2.77. The highest BCUT2D eigenvalue weighted by molar-refractivity contribution is 5.51. The van der Waals surface area contributed by atoms with Gasteiger partial charge in [0, 0.05) is 30.8 Å². The minimum atomic E-state index is -0.195. The maximum Gasteiger partial charge on any atom is 0.225 e. The molecule has 2 heterocycles. The lowest BCUT2D eigenvalue weighted by Gasteiger charge is -2.18. The minimum Gasteiger partial charge on any atom is -0.483 e. The van der Waals surface area contributed by atoms with Crippen LogP contribution in [0.5, 0.6) is 17.4 Å². The zero-order chi connectivity index (χ0) is 15.0. The molecule has 0 saturated heterocycles. The summed E-state index contributed by atoms with van der Waals surface area (Å²) in [4.78, 5) is 8.57. The van der Waals surface area contributed by atoms with Gasteiger partial charge >= 0.3 is 0 Å². The van der Waals surface area contributed by atoms with E-state index in [0.717, 1.165) is 23.4 Å². The molecule has 1 N–H and O–H groups in total. The highest BCUT2D eigenvalue weighted by Gasteiger charge is 2.32. The summed E-state index contributed by atoms with van der Waals surface area (Å²) in [5.41, 5.74) is 1.81. The number of benzene rings is 1. The molecule has 0 aliphatic carbocycles. The molecule has 0 unspecified atom stereocenters. The van der Waals surface area contributed by atoms with E-state index in [2.05, 4.69) is 35.2 Å². The molecule has 1 aromatic heterocycles. The molecule has 0 atom stereocenters. The van der Waals surface area contributed by atoms with Gasteiger partial charge in [-0.3, -0.25) is 0 Å². The third-order valence-electron chi connectivity index (χ3n) is 3.32. The van der Waals surface area contributed by atoms with Crippen LogP contribution >= 0.6 is 0 Å². The highest BCUT2D eigenvalue weighted by Crippen LogP contribution is 2.43. The first kappa shape index (κ1) is 13.7. The van der Waals surface area contributed by atoms with Crippen molar-refractivity contribution in [3.63, 3.8) is 0 Å². The first-order chi connectivity index (χ1) is 9.97. The zero-order valence-electron chi connectivity index (χ0n) is 12.7. The van der Waals surface area contributed by atoms with Crippen molar-refractivity contribution in [2.24, 2.45) is 0 Å². The summed E-state index contributed by atoms with van der Waals surface area (Å²) >= 11 is 0. The number of nitrogens with zero attached hydrogens (tertiary/aromatic N) is 2. The molecule has 0 radical (unpaired) electrons. The molecule has 3 rings (SSSR count). The Kier molecular flexibility index (Phi) is 3.20. The molecule has 0 bridgehead atoms. The molecule has 5 heteroatoms. The van der Waals surface area contributed by atoms with Crippen molar-refractivity contribution >= 4 is 5.95 Å². The van der Waals surface area contributed by atoms with Gasteiger partial charge in [-0.15, -0.1) is 0 Å². The summed E-state index contributed by atoms with van der Waals surface area (Å²) in [7, 11) is 1.78. The van der Waals surface area contributed by atoms with Crippen molar-refractivity contribution in [3.8, 4) is 17.4 Å². The molecule has 2 aromatic rings. The number of hydrogen-bond donors (Lipinski definition) is 1. The van der Waals surface area contributed by atoms with Gasteiger partial charge in [-0.05, 0) is 26.8 Å². The summed E-state index contributed by atoms with van der Waals surface area (Å²) in [6, 6.07) is 7.75. The Morgan fingerprint density at radius 1 is 1.29 bits per heavy atom. The lowest BCUT2D eigenvalue weighted by molar-refractivity contribution is 0.135. The SMILES string of the molecule is CNc1nc(C)cc(Oc2cccc3c2OC(C)(C)C3)n1. The maximum absolute atomic E-state index is 6.00. The second-order valence-electron chi connectivity index (χ2n) is 5.81. The lowest BCUT2D eigenvalue weighted by atomic mass is 10.0. The monoisotopic (exact) mass is 285 g/mol. The van der Waals surface area contributed by atoms with Crippen LogP contribution in [0.2, 0.25) is 0 Å². The van der Waals surface area contributed by atoms with E-state index in [0.29, 0.717) is 17.6 Å². The van der Waals surface area contributed by atoms with E-state index in [4.69, 9.17) is 9.47 Å². The van der Waals surface area contributed by atoms with Crippen molar-refractivity contribution in [1.82, 2.24) is 9.97 Å². The molecular weight excluding hydrogens is 266 g/mol. The van der Waals surface area contributed by atoms with Crippen LogP contribution in [0, 0.1) is 6.92 Å². The second kappa shape index (κ2) is 4.91. The van der Waals surface area contributed by atoms with E-state index in [1.54, 1.807) is 13.1 Å². The van der Waals surface area contributed by atoms with Crippen LogP contribution in [0.3, 0.4) is 0 Å². The van der Waals surface area contributed by atoms with Crippen LogP contribution in [0.25, 0.3) is 0 Å². The van der Waals surface area contributed by atoms with Gasteiger partial charge in [0.15, 0.2) is 11.5 Å². The predicted octanol–water partition coefficient (Wildman–Crippen LogP) is 3.33. The van der Waals surface area contributed by atoms with Crippen LogP contribution in [-0.4, -0.2) is 22.6 Å². The van der Waals surface area contributed by atoms with Crippen LogP contribution in [0.1, 0.15) is 25.1 Å². The zero-order valence-corrected chi connectivity index (χ0v) is 12.7. The van der Waals surface area contributed by atoms with E-state index < -0.39 is 0 Å². The van der Waals surface area contributed by atoms with Gasteiger partial charge in [0.05, 0.1) is 0 Å². The fraction of sp³-hybridized carbons (Fsp3) is 0.375. The number of fused-ring (bicyclic) bond motifs is 1. The largest absolute Gasteiger partial charge is 0.483 e. The predicted molar refractivity (Wildman–Crippen MR) is 81.2 cm³/mol. The maximum atomic E-state index is 6.00. The van der Waals surface area contributed by atoms with Gasteiger partial charge in [0.2, 0.25) is 11.8 Å². The first-order valence-corrected chi connectivity index (χ1v) is 6.99. The summed E-state index contributed by atoms with van der Waals surface area (Å²) in [5.74, 6) is 2.55. The van der Waals surface area contributed by atoms with Crippen LogP contribution in [-0.2, 0) is 6.42 Å². The second-order valence-corrected chi connectivity index (χ2v) is 5.81. The molecule has 1 aliphatic heterocycles. The third-order valence-corrected chi connectivity index (χ3v) is 3.32. The first-order valence-electron chi connectivity index (χ1n) is 6.99. The number of nitrogens with one attached hydrogen (secondary N) is 1. The minimum absolute atomic E-state index is 0.195. The fourth-order valence-corrected chi connectivity index (χ4v) is 2.48. The molecule has 0 saturated carbocycles. The van der Waals surface area contributed by atoms with Crippen molar-refractivity contribution in [2.75, 3.05) is 12.4 Å². The Morgan fingerprint density at radius 3 is 2.86 bits per heavy atom. The molecule has 0 spiro atoms. The molecule has 1 aliphatic rings. The fourth-order valence-electron chi connectivity index (χ4n) is 2.48. The van der Waals surface area contributed by atoms with Gasteiger partial charge < -0.3 is 14.8 Å². The number of rotatable bonds is 3. The quantitative estimate of drug-likeness (QED) is 0.937. The Balaban J connectivity index is 1.94. The molecule has 0 amide bonds. The van der Waals surface area contributed by atoms with E-state index in [1.807, 2.05) is 19.1 Å². The van der Waals surface area contributed by atoms with Crippen LogP contribution in [0.4, 0.5) is 5.95 Å². The van der Waals surface area contributed by atoms with Crippen molar-refractivity contribution < 1.29 is 9.47 Å². The van der Waals surface area contributed by atoms with E-state index in [1.165, 1.54) is 0 Å². The number of anilines is 1. The molecule has 21 heavy (non-hydrogen) atoms. The highest BCUT2D eigenvalue weighted by atomic mass is 16.5. The average Bonchev–Trinajstić information content (AvgIpc) is 2.73. The lowest BCUT2D eigenvalue weighted by Crippen LogP contribution is -2.24. The number of aromatic nitrogens is 2. The molecule has 0 fully saturated rings. The van der Waals surface area contributed by atoms with Crippen LogP contribution < -0.4 is 14.8 Å². The number of ether oxygens (including phenoxy) is 2. The van der Waals surface area contributed by atoms with Crippen LogP contribution in [0.15, 0.2) is 24.3 Å². The Morgan fingerprint density at radius 2 is 2.10 bits per heavy atom. The normalized spacial score (nSPS) is 15.2. The summed E-state index contributed by atoms with van der Waals surface area (Å²) in [5, 5.41) is 2.93. The van der Waals surface area contributed by atoms with Gasteiger partial charge in [-0.2, -0.15) is 4.98 Å². The Labute approximate surface area is 124 Å². The van der Waals surface area contributed by atoms with E-state index >= 15 is 0 Å². The van der Waals surface area contributed by atoms with Crippen molar-refractivity contribution in [1.29, 1.82) is 0 Å². The van der Waals surface area contributed by atoms with Crippen molar-refractivity contribution in [3.05, 3.63) is 35.5 Å². The van der Waals surface area contributed by atoms with E-state index in [9.17, 15) is 0 Å². The average molecular weight is 285 g/mol. The number of aryl methyl sites for hydroxylation is 1. The molecule has 110 valence electrons. The van der Waals surface area contributed by atoms with Crippen molar-refractivity contribution in [2.45, 2.75) is 32.8 Å². The number of para-hydroxylation sites is 1. The number of hydrogen-bond acceptors (Lipinski definition) is 5. The topological polar surface area (TPSA) is 56.3 Å². The summed E-state index contributed by atoms with van der Waals surface area (Å²) < 4.78 is 11.9.